The molecule has 0 saturated heterocycles. The van der Waals surface area contributed by atoms with Crippen molar-refractivity contribution in [3.05, 3.63) is 46.3 Å². The Morgan fingerprint density at radius 1 is 1.31 bits per heavy atom. The Labute approximate surface area is 94.5 Å². The summed E-state index contributed by atoms with van der Waals surface area (Å²) in [6, 6.07) is 9.57. The quantitative estimate of drug-likeness (QED) is 0.461. The average Bonchev–Trinajstić information content (AvgIpc) is 2.34. The topological polar surface area (TPSA) is 69.0 Å². The van der Waals surface area contributed by atoms with Crippen LogP contribution in [0.1, 0.15) is 31.2 Å². The van der Waals surface area contributed by atoms with E-state index in [4.69, 9.17) is 5.53 Å². The average molecular weight is 217 g/mol. The molecule has 1 saturated carbocycles. The molecule has 0 spiro atoms. The second-order valence-corrected chi connectivity index (χ2v) is 4.24. The van der Waals surface area contributed by atoms with E-state index in [0.717, 1.165) is 24.8 Å². The molecule has 1 fully saturated rings. The Hall–Kier alpha value is -1.51. The van der Waals surface area contributed by atoms with Gasteiger partial charge in [0.1, 0.15) is 0 Å². The van der Waals surface area contributed by atoms with Crippen molar-refractivity contribution in [3.63, 3.8) is 0 Å². The van der Waals surface area contributed by atoms with Crippen LogP contribution in [0, 0.1) is 0 Å². The van der Waals surface area contributed by atoms with E-state index in [1.54, 1.807) is 0 Å². The molecule has 2 rings (SSSR count). The zero-order chi connectivity index (χ0) is 11.4. The first-order valence-corrected chi connectivity index (χ1v) is 5.59. The van der Waals surface area contributed by atoms with Gasteiger partial charge in [0.25, 0.3) is 0 Å². The highest BCUT2D eigenvalue weighted by Crippen LogP contribution is 2.40. The number of aliphatic hydroxyl groups excluding tert-OH is 1. The Balaban J connectivity index is 2.46. The lowest BCUT2D eigenvalue weighted by Crippen LogP contribution is -2.40. The molecular weight excluding hydrogens is 202 g/mol. The summed E-state index contributed by atoms with van der Waals surface area (Å²) in [5.41, 5.74) is 8.87. The maximum atomic E-state index is 10.1. The molecule has 0 amide bonds. The molecule has 0 aromatic heterocycles. The number of aliphatic hydroxyl groups is 1. The lowest BCUT2D eigenvalue weighted by Gasteiger charge is -2.37. The van der Waals surface area contributed by atoms with E-state index in [2.05, 4.69) is 10.0 Å². The van der Waals surface area contributed by atoms with E-state index in [0.29, 0.717) is 6.42 Å². The van der Waals surface area contributed by atoms with Gasteiger partial charge in [-0.2, -0.15) is 0 Å². The summed E-state index contributed by atoms with van der Waals surface area (Å²) in [5.74, 6) is 0. The summed E-state index contributed by atoms with van der Waals surface area (Å²) >= 11 is 0. The standard InChI is InChI=1S/C12H15N3O/c13-15-14-12(9-5-4-8-11(12)16)10-6-2-1-3-7-10/h1-3,6-7,11,16H,4-5,8-9H2/t11-,12-/m0/s1. The fourth-order valence-corrected chi connectivity index (χ4v) is 2.46. The predicted molar refractivity (Wildman–Crippen MR) is 61.7 cm³/mol. The Morgan fingerprint density at radius 2 is 2.06 bits per heavy atom. The van der Waals surface area contributed by atoms with Gasteiger partial charge in [0.15, 0.2) is 0 Å². The summed E-state index contributed by atoms with van der Waals surface area (Å²) in [6.07, 6.45) is 2.84. The van der Waals surface area contributed by atoms with Gasteiger partial charge in [-0.3, -0.25) is 0 Å². The molecule has 2 atom stereocenters. The number of hydrogen-bond acceptors (Lipinski definition) is 2. The van der Waals surface area contributed by atoms with Crippen molar-refractivity contribution in [2.45, 2.75) is 37.3 Å². The van der Waals surface area contributed by atoms with Crippen molar-refractivity contribution in [2.24, 2.45) is 5.11 Å². The summed E-state index contributed by atoms with van der Waals surface area (Å²) in [5, 5.41) is 14.0. The van der Waals surface area contributed by atoms with E-state index in [-0.39, 0.29) is 0 Å². The van der Waals surface area contributed by atoms with Crippen molar-refractivity contribution < 1.29 is 5.11 Å². The number of rotatable bonds is 2. The highest BCUT2D eigenvalue weighted by molar-refractivity contribution is 5.27. The molecule has 0 radical (unpaired) electrons. The molecule has 16 heavy (non-hydrogen) atoms. The van der Waals surface area contributed by atoms with Gasteiger partial charge in [-0.15, -0.1) is 0 Å². The summed E-state index contributed by atoms with van der Waals surface area (Å²) < 4.78 is 0. The maximum Gasteiger partial charge on any atom is 0.0996 e. The molecule has 4 nitrogen and oxygen atoms in total. The molecule has 1 aliphatic carbocycles. The van der Waals surface area contributed by atoms with Crippen molar-refractivity contribution in [3.8, 4) is 0 Å². The maximum absolute atomic E-state index is 10.1. The molecule has 1 aromatic carbocycles. The van der Waals surface area contributed by atoms with Gasteiger partial charge >= 0.3 is 0 Å². The third kappa shape index (κ3) is 1.77. The Morgan fingerprint density at radius 3 is 2.69 bits per heavy atom. The van der Waals surface area contributed by atoms with Gasteiger partial charge in [0.05, 0.1) is 11.6 Å². The van der Waals surface area contributed by atoms with E-state index >= 15 is 0 Å². The zero-order valence-corrected chi connectivity index (χ0v) is 9.08. The van der Waals surface area contributed by atoms with Gasteiger partial charge in [-0.1, -0.05) is 48.3 Å². The van der Waals surface area contributed by atoms with Crippen LogP contribution in [0.3, 0.4) is 0 Å². The second-order valence-electron chi connectivity index (χ2n) is 4.24. The number of benzene rings is 1. The van der Waals surface area contributed by atoms with Crippen molar-refractivity contribution in [1.29, 1.82) is 0 Å². The van der Waals surface area contributed by atoms with Gasteiger partial charge in [0, 0.05) is 4.91 Å². The predicted octanol–water partition coefficient (Wildman–Crippen LogP) is 3.13. The van der Waals surface area contributed by atoms with Crippen LogP contribution >= 0.6 is 0 Å². The summed E-state index contributed by atoms with van der Waals surface area (Å²) in [7, 11) is 0. The minimum absolute atomic E-state index is 0.570. The molecule has 84 valence electrons. The first kappa shape index (κ1) is 11.0. The third-order valence-electron chi connectivity index (χ3n) is 3.33. The van der Waals surface area contributed by atoms with Crippen molar-refractivity contribution >= 4 is 0 Å². The fraction of sp³-hybridized carbons (Fsp3) is 0.500. The molecule has 0 aliphatic heterocycles. The van der Waals surface area contributed by atoms with Crippen LogP contribution in [0.4, 0.5) is 0 Å². The van der Waals surface area contributed by atoms with Gasteiger partial charge in [0.2, 0.25) is 0 Å². The summed E-state index contributed by atoms with van der Waals surface area (Å²) in [6.45, 7) is 0. The van der Waals surface area contributed by atoms with Crippen LogP contribution in [0.5, 0.6) is 0 Å². The monoisotopic (exact) mass is 217 g/mol. The van der Waals surface area contributed by atoms with Crippen LogP contribution < -0.4 is 0 Å². The zero-order valence-electron chi connectivity index (χ0n) is 9.08. The van der Waals surface area contributed by atoms with E-state index < -0.39 is 11.6 Å². The molecule has 1 aromatic rings. The van der Waals surface area contributed by atoms with Crippen LogP contribution in [0.2, 0.25) is 0 Å². The van der Waals surface area contributed by atoms with Crippen LogP contribution in [0.15, 0.2) is 35.4 Å². The van der Waals surface area contributed by atoms with E-state index in [1.165, 1.54) is 0 Å². The molecule has 4 heteroatoms. The molecule has 0 bridgehead atoms. The van der Waals surface area contributed by atoms with Crippen LogP contribution in [0.25, 0.3) is 10.4 Å². The van der Waals surface area contributed by atoms with Crippen molar-refractivity contribution in [1.82, 2.24) is 0 Å². The molecular formula is C12H15N3O. The molecule has 1 aliphatic rings. The van der Waals surface area contributed by atoms with E-state index in [9.17, 15) is 5.11 Å². The first-order valence-electron chi connectivity index (χ1n) is 5.59. The van der Waals surface area contributed by atoms with Gasteiger partial charge in [-0.05, 0) is 23.9 Å². The first-order chi connectivity index (χ1) is 7.79. The Bertz CT molecular complexity index is 400. The van der Waals surface area contributed by atoms with Gasteiger partial charge in [-0.25, -0.2) is 0 Å². The minimum atomic E-state index is -0.756. The van der Waals surface area contributed by atoms with Crippen molar-refractivity contribution in [2.75, 3.05) is 0 Å². The minimum Gasteiger partial charge on any atom is -0.392 e. The normalized spacial score (nSPS) is 29.4. The molecule has 1 N–H and O–H groups in total. The summed E-state index contributed by atoms with van der Waals surface area (Å²) in [4.78, 5) is 2.92. The lowest BCUT2D eigenvalue weighted by atomic mass is 9.75. The van der Waals surface area contributed by atoms with Crippen LogP contribution in [-0.4, -0.2) is 11.2 Å². The number of hydrogen-bond donors (Lipinski definition) is 1. The highest BCUT2D eigenvalue weighted by Gasteiger charge is 2.40. The SMILES string of the molecule is [N-]=[N+]=N[C@]1(c2ccccc2)CCCC[C@@H]1O. The van der Waals surface area contributed by atoms with Gasteiger partial charge < -0.3 is 5.11 Å². The molecule has 0 heterocycles. The largest absolute Gasteiger partial charge is 0.392 e. The number of azide groups is 1. The highest BCUT2D eigenvalue weighted by atomic mass is 16.3. The fourth-order valence-electron chi connectivity index (χ4n) is 2.46. The number of nitrogens with zero attached hydrogens (tertiary/aromatic N) is 3. The van der Waals surface area contributed by atoms with Crippen LogP contribution in [-0.2, 0) is 5.54 Å². The lowest BCUT2D eigenvalue weighted by molar-refractivity contribution is 0.0453. The third-order valence-corrected chi connectivity index (χ3v) is 3.33. The Kier molecular flexibility index (Phi) is 3.13. The smallest absolute Gasteiger partial charge is 0.0996 e. The second kappa shape index (κ2) is 4.56. The molecule has 0 unspecified atom stereocenters. The van der Waals surface area contributed by atoms with E-state index in [1.807, 2.05) is 30.3 Å².